The molecule has 1 aromatic rings. The molecule has 2 N–H and O–H groups in total. The van der Waals surface area contributed by atoms with Crippen molar-refractivity contribution < 1.29 is 9.53 Å². The first-order chi connectivity index (χ1) is 7.69. The Bertz CT molecular complexity index is 374. The number of hydrogen-bond donors (Lipinski definition) is 2. The van der Waals surface area contributed by atoms with Crippen molar-refractivity contribution in [3.05, 3.63) is 27.3 Å². The number of amides is 1. The molecule has 1 rings (SSSR count). The van der Waals surface area contributed by atoms with E-state index in [1.165, 1.54) is 0 Å². The number of methoxy groups -OCH3 is 1. The molecule has 0 unspecified atom stereocenters. The summed E-state index contributed by atoms with van der Waals surface area (Å²) < 4.78 is 5.97. The van der Waals surface area contributed by atoms with Crippen molar-refractivity contribution in [1.82, 2.24) is 10.6 Å². The molecule has 1 aromatic carbocycles. The van der Waals surface area contributed by atoms with Crippen LogP contribution < -0.4 is 15.4 Å². The van der Waals surface area contributed by atoms with Gasteiger partial charge in [0.25, 0.3) is 5.91 Å². The van der Waals surface area contributed by atoms with Gasteiger partial charge in [-0.15, -0.1) is 12.4 Å². The molecule has 17 heavy (non-hydrogen) atoms. The van der Waals surface area contributed by atoms with E-state index in [4.69, 9.17) is 4.74 Å². The molecule has 96 valence electrons. The number of hydrogen-bond acceptors (Lipinski definition) is 3. The third kappa shape index (κ3) is 5.10. The molecule has 6 heteroatoms. The molecule has 0 bridgehead atoms. The Labute approximate surface area is 121 Å². The Hall–Kier alpha value is -0.530. The van der Waals surface area contributed by atoms with Crippen molar-refractivity contribution in [3.8, 4) is 5.75 Å². The number of carbonyl (C=O) groups is 1. The summed E-state index contributed by atoms with van der Waals surface area (Å²) >= 11 is 2.13. The van der Waals surface area contributed by atoms with E-state index in [0.29, 0.717) is 12.1 Å². The highest BCUT2D eigenvalue weighted by atomic mass is 127. The van der Waals surface area contributed by atoms with Gasteiger partial charge in [-0.05, 0) is 47.8 Å². The third-order valence-corrected chi connectivity index (χ3v) is 2.97. The van der Waals surface area contributed by atoms with E-state index in [9.17, 15) is 4.79 Å². The van der Waals surface area contributed by atoms with Crippen molar-refractivity contribution in [3.63, 3.8) is 0 Å². The van der Waals surface area contributed by atoms with Crippen LogP contribution in [0.4, 0.5) is 0 Å². The smallest absolute Gasteiger partial charge is 0.252 e. The molecule has 0 radical (unpaired) electrons. The lowest BCUT2D eigenvalue weighted by molar-refractivity contribution is 0.0953. The molecule has 0 heterocycles. The molecule has 0 saturated carbocycles. The van der Waals surface area contributed by atoms with Gasteiger partial charge in [0.15, 0.2) is 0 Å². The second kappa shape index (κ2) is 8.54. The van der Waals surface area contributed by atoms with Crippen LogP contribution in [0, 0.1) is 3.57 Å². The predicted molar refractivity (Wildman–Crippen MR) is 79.2 cm³/mol. The molecule has 0 aromatic heterocycles. The maximum atomic E-state index is 11.8. The molecule has 0 aliphatic carbocycles. The van der Waals surface area contributed by atoms with E-state index in [1.807, 2.05) is 13.1 Å². The van der Waals surface area contributed by atoms with Crippen LogP contribution in [0.15, 0.2) is 18.2 Å². The predicted octanol–water partition coefficient (Wildman–Crippen LogP) is 1.67. The Morgan fingerprint density at radius 1 is 1.41 bits per heavy atom. The van der Waals surface area contributed by atoms with Crippen LogP contribution in [0.25, 0.3) is 0 Å². The quantitative estimate of drug-likeness (QED) is 0.612. The summed E-state index contributed by atoms with van der Waals surface area (Å²) in [6.45, 7) is 1.38. The number of rotatable bonds is 5. The van der Waals surface area contributed by atoms with Crippen LogP contribution in [-0.2, 0) is 0 Å². The minimum absolute atomic E-state index is 0. The number of benzene rings is 1. The largest absolute Gasteiger partial charge is 0.497 e. The molecule has 1 amide bonds. The molecular weight excluding hydrogens is 354 g/mol. The first-order valence-corrected chi connectivity index (χ1v) is 6.03. The van der Waals surface area contributed by atoms with E-state index in [0.717, 1.165) is 15.9 Å². The number of carbonyl (C=O) groups excluding carboxylic acids is 1. The van der Waals surface area contributed by atoms with Gasteiger partial charge in [-0.25, -0.2) is 0 Å². The van der Waals surface area contributed by atoms with Gasteiger partial charge in [0, 0.05) is 16.7 Å². The van der Waals surface area contributed by atoms with Crippen LogP contribution in [0.2, 0.25) is 0 Å². The zero-order valence-corrected chi connectivity index (χ0v) is 12.7. The molecule has 4 nitrogen and oxygen atoms in total. The molecule has 0 fully saturated rings. The van der Waals surface area contributed by atoms with Crippen LogP contribution in [0.3, 0.4) is 0 Å². The monoisotopic (exact) mass is 370 g/mol. The van der Waals surface area contributed by atoms with Gasteiger partial charge in [0.1, 0.15) is 5.75 Å². The molecule has 0 saturated heterocycles. The van der Waals surface area contributed by atoms with E-state index < -0.39 is 0 Å². The van der Waals surface area contributed by atoms with Crippen molar-refractivity contribution in [2.75, 3.05) is 27.2 Å². The van der Waals surface area contributed by atoms with E-state index in [1.54, 1.807) is 19.2 Å². The summed E-state index contributed by atoms with van der Waals surface area (Å²) in [5, 5.41) is 5.80. The number of likely N-dealkylation sites (N-methyl/N-ethyl adjacent to an activating group) is 1. The normalized spacial score (nSPS) is 9.35. The van der Waals surface area contributed by atoms with Crippen LogP contribution in [-0.4, -0.2) is 33.2 Å². The van der Waals surface area contributed by atoms with Crippen molar-refractivity contribution in [2.45, 2.75) is 0 Å². The summed E-state index contributed by atoms with van der Waals surface area (Å²) in [5.74, 6) is 0.707. The maximum absolute atomic E-state index is 11.8. The van der Waals surface area contributed by atoms with Gasteiger partial charge in [-0.2, -0.15) is 0 Å². The Morgan fingerprint density at radius 3 is 2.65 bits per heavy atom. The summed E-state index contributed by atoms with van der Waals surface area (Å²) in [5.41, 5.74) is 0.678. The molecule has 0 atom stereocenters. The molecular formula is C11H16ClIN2O2. The van der Waals surface area contributed by atoms with Crippen LogP contribution in [0.5, 0.6) is 5.75 Å². The minimum Gasteiger partial charge on any atom is -0.497 e. The van der Waals surface area contributed by atoms with Gasteiger partial charge in [-0.3, -0.25) is 4.79 Å². The highest BCUT2D eigenvalue weighted by molar-refractivity contribution is 14.1. The lowest BCUT2D eigenvalue weighted by atomic mass is 10.2. The maximum Gasteiger partial charge on any atom is 0.252 e. The Morgan fingerprint density at radius 2 is 2.12 bits per heavy atom. The van der Waals surface area contributed by atoms with Gasteiger partial charge < -0.3 is 15.4 Å². The highest BCUT2D eigenvalue weighted by Crippen LogP contribution is 2.19. The topological polar surface area (TPSA) is 50.4 Å². The number of nitrogens with one attached hydrogen (secondary N) is 2. The van der Waals surface area contributed by atoms with Gasteiger partial charge in [0.05, 0.1) is 12.7 Å². The average Bonchev–Trinajstić information content (AvgIpc) is 2.29. The van der Waals surface area contributed by atoms with E-state index >= 15 is 0 Å². The summed E-state index contributed by atoms with van der Waals surface area (Å²) in [6.07, 6.45) is 0. The summed E-state index contributed by atoms with van der Waals surface area (Å²) in [7, 11) is 3.46. The molecule has 0 aliphatic rings. The SMILES string of the molecule is CNCCNC(=O)c1ccc(OC)cc1I.Cl. The Balaban J connectivity index is 0.00000256. The zero-order valence-electron chi connectivity index (χ0n) is 9.75. The fourth-order valence-electron chi connectivity index (χ4n) is 1.20. The lowest BCUT2D eigenvalue weighted by Gasteiger charge is -2.07. The first kappa shape index (κ1) is 16.5. The second-order valence-electron chi connectivity index (χ2n) is 3.21. The average molecular weight is 371 g/mol. The van der Waals surface area contributed by atoms with Gasteiger partial charge in [-0.1, -0.05) is 0 Å². The van der Waals surface area contributed by atoms with Gasteiger partial charge >= 0.3 is 0 Å². The molecule has 0 spiro atoms. The fraction of sp³-hybridized carbons (Fsp3) is 0.364. The van der Waals surface area contributed by atoms with Crippen LogP contribution in [0.1, 0.15) is 10.4 Å². The van der Waals surface area contributed by atoms with Crippen molar-refractivity contribution in [1.29, 1.82) is 0 Å². The zero-order chi connectivity index (χ0) is 12.0. The second-order valence-corrected chi connectivity index (χ2v) is 4.37. The summed E-state index contributed by atoms with van der Waals surface area (Å²) in [4.78, 5) is 11.8. The Kier molecular flexibility index (Phi) is 8.28. The lowest BCUT2D eigenvalue weighted by Crippen LogP contribution is -2.30. The van der Waals surface area contributed by atoms with Crippen molar-refractivity contribution in [2.24, 2.45) is 0 Å². The molecule has 0 aliphatic heterocycles. The van der Waals surface area contributed by atoms with Crippen molar-refractivity contribution >= 4 is 40.9 Å². The minimum atomic E-state index is -0.0534. The third-order valence-electron chi connectivity index (χ3n) is 2.08. The highest BCUT2D eigenvalue weighted by Gasteiger charge is 2.09. The number of halogens is 2. The fourth-order valence-corrected chi connectivity index (χ4v) is 1.93. The summed E-state index contributed by atoms with van der Waals surface area (Å²) in [6, 6.07) is 5.40. The number of ether oxygens (including phenoxy) is 1. The first-order valence-electron chi connectivity index (χ1n) is 4.95. The van der Waals surface area contributed by atoms with Crippen LogP contribution >= 0.6 is 35.0 Å². The van der Waals surface area contributed by atoms with E-state index in [-0.39, 0.29) is 18.3 Å². The van der Waals surface area contributed by atoms with E-state index in [2.05, 4.69) is 33.2 Å². The standard InChI is InChI=1S/C11H15IN2O2.ClH/c1-13-5-6-14-11(15)9-4-3-8(16-2)7-10(9)12;/h3-4,7,13H,5-6H2,1-2H3,(H,14,15);1H. The van der Waals surface area contributed by atoms with Gasteiger partial charge in [0.2, 0.25) is 0 Å².